The van der Waals surface area contributed by atoms with E-state index >= 15 is 0 Å². The highest BCUT2D eigenvalue weighted by Crippen LogP contribution is 2.19. The van der Waals surface area contributed by atoms with E-state index in [0.29, 0.717) is 5.56 Å². The Labute approximate surface area is 75.2 Å². The summed E-state index contributed by atoms with van der Waals surface area (Å²) in [7, 11) is 0. The number of nitro groups is 1. The molecule has 0 amide bonds. The third-order valence-electron chi connectivity index (χ3n) is 1.75. The summed E-state index contributed by atoms with van der Waals surface area (Å²) in [6.45, 7) is 1.72. The quantitative estimate of drug-likeness (QED) is 0.568. The zero-order chi connectivity index (χ0) is 9.84. The molecule has 0 aliphatic heterocycles. The van der Waals surface area contributed by atoms with Gasteiger partial charge < -0.3 is 0 Å². The van der Waals surface area contributed by atoms with Crippen molar-refractivity contribution in [3.05, 3.63) is 39.9 Å². The van der Waals surface area contributed by atoms with Gasteiger partial charge in [0.05, 0.1) is 4.92 Å². The van der Waals surface area contributed by atoms with Crippen LogP contribution in [0.15, 0.2) is 24.3 Å². The molecule has 1 aromatic rings. The van der Waals surface area contributed by atoms with Crippen LogP contribution in [-0.4, -0.2) is 4.92 Å². The van der Waals surface area contributed by atoms with Crippen molar-refractivity contribution in [3.8, 4) is 0 Å². The van der Waals surface area contributed by atoms with Crippen LogP contribution in [0, 0.1) is 10.1 Å². The predicted octanol–water partition coefficient (Wildman–Crippen LogP) is 1.55. The third kappa shape index (κ3) is 2.24. The minimum atomic E-state index is -0.452. The molecule has 1 rings (SSSR count). The molecule has 0 aliphatic carbocycles. The topological polar surface area (TPSA) is 78.4 Å². The fourth-order valence-electron chi connectivity index (χ4n) is 0.970. The molecule has 5 heteroatoms. The summed E-state index contributed by atoms with van der Waals surface area (Å²) in [5.41, 5.74) is 0.734. The van der Waals surface area contributed by atoms with Gasteiger partial charge in [0.25, 0.3) is 5.69 Å². The first kappa shape index (κ1) is 9.63. The van der Waals surface area contributed by atoms with Crippen LogP contribution in [0.2, 0.25) is 0 Å². The van der Waals surface area contributed by atoms with Crippen molar-refractivity contribution >= 4 is 5.69 Å². The molecular weight excluding hydrogens is 172 g/mol. The number of rotatable bonds is 3. The van der Waals surface area contributed by atoms with E-state index < -0.39 is 4.92 Å². The average molecular weight is 182 g/mol. The van der Waals surface area contributed by atoms with E-state index in [-0.39, 0.29) is 11.8 Å². The van der Waals surface area contributed by atoms with Gasteiger partial charge in [0.15, 0.2) is 0 Å². The molecule has 0 radical (unpaired) electrons. The molecule has 5 nitrogen and oxygen atoms in total. The number of non-ortho nitro benzene ring substituents is 1. The van der Waals surface area contributed by atoms with Crippen LogP contribution in [0.1, 0.15) is 18.6 Å². The van der Waals surface area contributed by atoms with Crippen molar-refractivity contribution in [1.82, 2.24) is 0 Å². The Kier molecular flexibility index (Phi) is 2.94. The molecule has 0 saturated heterocycles. The van der Waals surface area contributed by atoms with Crippen LogP contribution in [-0.2, 0) is 4.84 Å². The van der Waals surface area contributed by atoms with E-state index in [1.807, 2.05) is 0 Å². The summed E-state index contributed by atoms with van der Waals surface area (Å²) < 4.78 is 0. The van der Waals surface area contributed by atoms with Crippen LogP contribution < -0.4 is 5.90 Å². The van der Waals surface area contributed by atoms with Crippen molar-refractivity contribution in [1.29, 1.82) is 0 Å². The van der Waals surface area contributed by atoms with Gasteiger partial charge in [0.1, 0.15) is 6.10 Å². The van der Waals surface area contributed by atoms with Gasteiger partial charge in [-0.15, -0.1) is 0 Å². The van der Waals surface area contributed by atoms with Crippen LogP contribution in [0.25, 0.3) is 0 Å². The highest BCUT2D eigenvalue weighted by Gasteiger charge is 2.09. The third-order valence-corrected chi connectivity index (χ3v) is 1.75. The van der Waals surface area contributed by atoms with E-state index in [1.54, 1.807) is 19.1 Å². The molecule has 2 N–H and O–H groups in total. The summed E-state index contributed by atoms with van der Waals surface area (Å²) >= 11 is 0. The van der Waals surface area contributed by atoms with E-state index in [2.05, 4.69) is 4.84 Å². The maximum absolute atomic E-state index is 10.4. The van der Waals surface area contributed by atoms with Gasteiger partial charge in [0, 0.05) is 12.1 Å². The Morgan fingerprint density at radius 2 is 2.31 bits per heavy atom. The van der Waals surface area contributed by atoms with Gasteiger partial charge in [-0.3, -0.25) is 15.0 Å². The summed E-state index contributed by atoms with van der Waals surface area (Å²) in [5, 5.41) is 10.4. The van der Waals surface area contributed by atoms with Crippen LogP contribution in [0.3, 0.4) is 0 Å². The predicted molar refractivity (Wildman–Crippen MR) is 46.8 cm³/mol. The van der Waals surface area contributed by atoms with Crippen LogP contribution in [0.4, 0.5) is 5.69 Å². The van der Waals surface area contributed by atoms with E-state index in [1.165, 1.54) is 12.1 Å². The maximum atomic E-state index is 10.4. The normalized spacial score (nSPS) is 12.5. The molecule has 0 heterocycles. The Hall–Kier alpha value is -1.46. The molecule has 0 fully saturated rings. The van der Waals surface area contributed by atoms with Gasteiger partial charge in [-0.2, -0.15) is 0 Å². The van der Waals surface area contributed by atoms with Gasteiger partial charge in [0.2, 0.25) is 0 Å². The molecule has 1 aromatic carbocycles. The molecule has 0 saturated carbocycles. The summed E-state index contributed by atoms with van der Waals surface area (Å²) in [6, 6.07) is 6.19. The minimum absolute atomic E-state index is 0.0430. The zero-order valence-corrected chi connectivity index (χ0v) is 7.14. The monoisotopic (exact) mass is 182 g/mol. The summed E-state index contributed by atoms with van der Waals surface area (Å²) in [4.78, 5) is 14.5. The lowest BCUT2D eigenvalue weighted by Crippen LogP contribution is -2.05. The van der Waals surface area contributed by atoms with Crippen molar-refractivity contribution < 1.29 is 9.76 Å². The van der Waals surface area contributed by atoms with Crippen LogP contribution >= 0.6 is 0 Å². The lowest BCUT2D eigenvalue weighted by atomic mass is 10.1. The number of nitrogens with two attached hydrogens (primary N) is 1. The first-order valence-electron chi connectivity index (χ1n) is 3.75. The highest BCUT2D eigenvalue weighted by molar-refractivity contribution is 5.35. The van der Waals surface area contributed by atoms with Crippen molar-refractivity contribution in [3.63, 3.8) is 0 Å². The Morgan fingerprint density at radius 1 is 1.62 bits per heavy atom. The molecular formula is C8H10N2O3. The van der Waals surface area contributed by atoms with Crippen LogP contribution in [0.5, 0.6) is 0 Å². The van der Waals surface area contributed by atoms with Gasteiger partial charge in [-0.1, -0.05) is 12.1 Å². The van der Waals surface area contributed by atoms with Gasteiger partial charge in [-0.05, 0) is 12.5 Å². The Morgan fingerprint density at radius 3 is 2.85 bits per heavy atom. The molecule has 1 unspecified atom stereocenters. The van der Waals surface area contributed by atoms with Gasteiger partial charge >= 0.3 is 0 Å². The first-order chi connectivity index (χ1) is 6.15. The smallest absolute Gasteiger partial charge is 0.269 e. The second kappa shape index (κ2) is 3.97. The molecule has 1 atom stereocenters. The standard InChI is InChI=1S/C8H10N2O3/c1-6(13-9)7-3-2-4-8(5-7)10(11)12/h2-6H,9H2,1H3. The summed E-state index contributed by atoms with van der Waals surface area (Å²) in [5.74, 6) is 4.96. The second-order valence-electron chi connectivity index (χ2n) is 2.63. The summed E-state index contributed by atoms with van der Waals surface area (Å²) in [6.07, 6.45) is -0.333. The number of benzene rings is 1. The molecule has 70 valence electrons. The van der Waals surface area contributed by atoms with Crippen molar-refractivity contribution in [2.24, 2.45) is 5.90 Å². The number of hydrogen-bond acceptors (Lipinski definition) is 4. The fraction of sp³-hybridized carbons (Fsp3) is 0.250. The molecule has 13 heavy (non-hydrogen) atoms. The lowest BCUT2D eigenvalue weighted by Gasteiger charge is -2.07. The first-order valence-corrected chi connectivity index (χ1v) is 3.75. The fourth-order valence-corrected chi connectivity index (χ4v) is 0.970. The molecule has 0 aromatic heterocycles. The van der Waals surface area contributed by atoms with E-state index in [0.717, 1.165) is 0 Å². The van der Waals surface area contributed by atoms with Gasteiger partial charge in [-0.25, -0.2) is 5.90 Å². The minimum Gasteiger partial charge on any atom is -0.297 e. The number of nitrogens with zero attached hydrogens (tertiary/aromatic N) is 1. The molecule has 0 aliphatic rings. The Balaban J connectivity index is 2.98. The molecule has 0 spiro atoms. The molecule has 0 bridgehead atoms. The lowest BCUT2D eigenvalue weighted by molar-refractivity contribution is -0.385. The Bertz CT molecular complexity index is 314. The average Bonchev–Trinajstić information content (AvgIpc) is 2.17. The SMILES string of the molecule is CC(ON)c1cccc([N+](=O)[O-])c1. The van der Waals surface area contributed by atoms with E-state index in [9.17, 15) is 10.1 Å². The second-order valence-corrected chi connectivity index (χ2v) is 2.63. The van der Waals surface area contributed by atoms with E-state index in [4.69, 9.17) is 5.90 Å². The number of hydrogen-bond donors (Lipinski definition) is 1. The zero-order valence-electron chi connectivity index (χ0n) is 7.14. The number of nitro benzene ring substituents is 1. The maximum Gasteiger partial charge on any atom is 0.269 e. The largest absolute Gasteiger partial charge is 0.297 e. The van der Waals surface area contributed by atoms with Crippen molar-refractivity contribution in [2.75, 3.05) is 0 Å². The van der Waals surface area contributed by atoms with Crippen molar-refractivity contribution in [2.45, 2.75) is 13.0 Å². The highest BCUT2D eigenvalue weighted by atomic mass is 16.6.